The third-order valence-corrected chi connectivity index (χ3v) is 3.65. The van der Waals surface area contributed by atoms with Crippen molar-refractivity contribution in [2.45, 2.75) is 31.8 Å². The molecule has 4 heteroatoms. The summed E-state index contributed by atoms with van der Waals surface area (Å²) in [6, 6.07) is 8.50. The summed E-state index contributed by atoms with van der Waals surface area (Å²) in [5.74, 6) is 0.147. The van der Waals surface area contributed by atoms with Crippen molar-refractivity contribution in [3.05, 3.63) is 24.3 Å². The van der Waals surface area contributed by atoms with Crippen molar-refractivity contribution in [3.8, 4) is 0 Å². The maximum absolute atomic E-state index is 12.1. The van der Waals surface area contributed by atoms with Crippen molar-refractivity contribution < 1.29 is 4.79 Å². The fourth-order valence-corrected chi connectivity index (χ4v) is 2.40. The lowest BCUT2D eigenvalue weighted by Gasteiger charge is -2.35. The summed E-state index contributed by atoms with van der Waals surface area (Å²) >= 11 is 0. The number of anilines is 2. The summed E-state index contributed by atoms with van der Waals surface area (Å²) in [4.78, 5) is 14.3. The Bertz CT molecular complexity index is 456. The smallest absolute Gasteiger partial charge is 0.242 e. The van der Waals surface area contributed by atoms with E-state index in [-0.39, 0.29) is 11.9 Å². The van der Waals surface area contributed by atoms with E-state index in [1.54, 1.807) is 0 Å². The van der Waals surface area contributed by atoms with E-state index < -0.39 is 0 Å². The van der Waals surface area contributed by atoms with Gasteiger partial charge in [-0.25, -0.2) is 0 Å². The Morgan fingerprint density at radius 2 is 2.22 bits per heavy atom. The third-order valence-electron chi connectivity index (χ3n) is 3.65. The molecule has 96 valence electrons. The molecule has 1 atom stereocenters. The molecule has 4 nitrogen and oxygen atoms in total. The molecule has 1 amide bonds. The van der Waals surface area contributed by atoms with Gasteiger partial charge in [0.2, 0.25) is 5.91 Å². The molecule has 1 aliphatic heterocycles. The Balaban J connectivity index is 1.77. The molecule has 1 aliphatic carbocycles. The van der Waals surface area contributed by atoms with Gasteiger partial charge in [-0.1, -0.05) is 12.1 Å². The molecule has 0 bridgehead atoms. The summed E-state index contributed by atoms with van der Waals surface area (Å²) < 4.78 is 0. The number of nitrogens with zero attached hydrogens (tertiary/aromatic N) is 1. The second kappa shape index (κ2) is 4.52. The van der Waals surface area contributed by atoms with Crippen LogP contribution in [0.1, 0.15) is 19.8 Å². The van der Waals surface area contributed by atoms with Gasteiger partial charge < -0.3 is 15.5 Å². The van der Waals surface area contributed by atoms with Crippen LogP contribution in [-0.2, 0) is 4.79 Å². The van der Waals surface area contributed by atoms with Gasteiger partial charge in [-0.3, -0.25) is 4.79 Å². The van der Waals surface area contributed by atoms with Crippen LogP contribution in [0, 0.1) is 0 Å². The van der Waals surface area contributed by atoms with Crippen LogP contribution in [0.5, 0.6) is 0 Å². The number of nitrogens with one attached hydrogen (secondary N) is 2. The van der Waals surface area contributed by atoms with Crippen molar-refractivity contribution in [2.75, 3.05) is 23.3 Å². The molecule has 2 aliphatic rings. The molecule has 2 N–H and O–H groups in total. The van der Waals surface area contributed by atoms with Gasteiger partial charge in [0.15, 0.2) is 0 Å². The minimum atomic E-state index is -0.103. The molecule has 0 saturated heterocycles. The zero-order chi connectivity index (χ0) is 12.5. The van der Waals surface area contributed by atoms with E-state index in [1.807, 2.05) is 19.1 Å². The second-order valence-corrected chi connectivity index (χ2v) is 5.10. The molecule has 1 fully saturated rings. The number of hydrogen-bond donors (Lipinski definition) is 2. The molecular weight excluding hydrogens is 226 g/mol. The zero-order valence-electron chi connectivity index (χ0n) is 10.6. The molecule has 0 aromatic heterocycles. The predicted molar refractivity (Wildman–Crippen MR) is 72.9 cm³/mol. The molecular formula is C14H19N3O. The van der Waals surface area contributed by atoms with Crippen LogP contribution in [0.15, 0.2) is 24.3 Å². The van der Waals surface area contributed by atoms with Crippen LogP contribution in [0.2, 0.25) is 0 Å². The van der Waals surface area contributed by atoms with Crippen molar-refractivity contribution >= 4 is 17.3 Å². The Morgan fingerprint density at radius 1 is 1.44 bits per heavy atom. The number of para-hydroxylation sites is 2. The standard InChI is InChI=1S/C14H19N3O/c1-10(14(18)16-11-6-7-11)17-9-8-15-12-4-2-3-5-13(12)17/h2-5,10-11,15H,6-9H2,1H3,(H,16,18). The Morgan fingerprint density at radius 3 is 3.00 bits per heavy atom. The van der Waals surface area contributed by atoms with Crippen LogP contribution in [0.25, 0.3) is 0 Å². The van der Waals surface area contributed by atoms with Crippen molar-refractivity contribution in [1.29, 1.82) is 0 Å². The zero-order valence-corrected chi connectivity index (χ0v) is 10.6. The first-order chi connectivity index (χ1) is 8.75. The highest BCUT2D eigenvalue weighted by atomic mass is 16.2. The van der Waals surface area contributed by atoms with Crippen molar-refractivity contribution in [2.24, 2.45) is 0 Å². The average molecular weight is 245 g/mol. The number of benzene rings is 1. The molecule has 0 radical (unpaired) electrons. The Kier molecular flexibility index (Phi) is 2.86. The number of carbonyl (C=O) groups is 1. The Labute approximate surface area is 107 Å². The highest BCUT2D eigenvalue weighted by Crippen LogP contribution is 2.30. The van der Waals surface area contributed by atoms with Crippen molar-refractivity contribution in [3.63, 3.8) is 0 Å². The molecule has 1 aromatic rings. The monoisotopic (exact) mass is 245 g/mol. The lowest BCUT2D eigenvalue weighted by Crippen LogP contribution is -2.49. The van der Waals surface area contributed by atoms with Gasteiger partial charge in [0, 0.05) is 19.1 Å². The molecule has 3 rings (SSSR count). The van der Waals surface area contributed by atoms with Crippen LogP contribution < -0.4 is 15.5 Å². The summed E-state index contributed by atoms with van der Waals surface area (Å²) in [6.07, 6.45) is 2.27. The minimum Gasteiger partial charge on any atom is -0.382 e. The molecule has 0 spiro atoms. The fourth-order valence-electron chi connectivity index (χ4n) is 2.40. The summed E-state index contributed by atoms with van der Waals surface area (Å²) in [6.45, 7) is 3.74. The van der Waals surface area contributed by atoms with Gasteiger partial charge in [0.05, 0.1) is 11.4 Å². The normalized spacial score (nSPS) is 19.7. The molecule has 1 unspecified atom stereocenters. The van der Waals surface area contributed by atoms with E-state index in [0.717, 1.165) is 37.3 Å². The maximum Gasteiger partial charge on any atom is 0.242 e. The molecule has 1 saturated carbocycles. The topological polar surface area (TPSA) is 44.4 Å². The van der Waals surface area contributed by atoms with Gasteiger partial charge in [-0.2, -0.15) is 0 Å². The fraction of sp³-hybridized carbons (Fsp3) is 0.500. The van der Waals surface area contributed by atoms with Gasteiger partial charge in [0.25, 0.3) is 0 Å². The van der Waals surface area contributed by atoms with Gasteiger partial charge in [0.1, 0.15) is 6.04 Å². The lowest BCUT2D eigenvalue weighted by molar-refractivity contribution is -0.122. The first-order valence-corrected chi connectivity index (χ1v) is 6.65. The first-order valence-electron chi connectivity index (χ1n) is 6.65. The number of amides is 1. The van der Waals surface area contributed by atoms with Crippen LogP contribution in [0.3, 0.4) is 0 Å². The predicted octanol–water partition coefficient (Wildman–Crippen LogP) is 1.59. The van der Waals surface area contributed by atoms with Gasteiger partial charge >= 0.3 is 0 Å². The van der Waals surface area contributed by atoms with E-state index in [0.29, 0.717) is 6.04 Å². The van der Waals surface area contributed by atoms with Crippen molar-refractivity contribution in [1.82, 2.24) is 5.32 Å². The lowest BCUT2D eigenvalue weighted by atomic mass is 10.1. The van der Waals surface area contributed by atoms with Crippen LogP contribution in [0.4, 0.5) is 11.4 Å². The number of fused-ring (bicyclic) bond motifs is 1. The third kappa shape index (κ3) is 2.15. The number of carbonyl (C=O) groups excluding carboxylic acids is 1. The highest BCUT2D eigenvalue weighted by molar-refractivity contribution is 5.87. The minimum absolute atomic E-state index is 0.103. The van der Waals surface area contributed by atoms with Gasteiger partial charge in [-0.15, -0.1) is 0 Å². The molecule has 1 heterocycles. The SMILES string of the molecule is CC(C(=O)NC1CC1)N1CCNc2ccccc21. The quantitative estimate of drug-likeness (QED) is 0.850. The average Bonchev–Trinajstić information content (AvgIpc) is 3.21. The van der Waals surface area contributed by atoms with Gasteiger partial charge in [-0.05, 0) is 31.9 Å². The van der Waals surface area contributed by atoms with Crippen LogP contribution >= 0.6 is 0 Å². The first kappa shape index (κ1) is 11.4. The van der Waals surface area contributed by atoms with E-state index in [9.17, 15) is 4.79 Å². The summed E-state index contributed by atoms with van der Waals surface area (Å²) in [5.41, 5.74) is 2.25. The number of hydrogen-bond acceptors (Lipinski definition) is 3. The summed E-state index contributed by atoms with van der Waals surface area (Å²) in [7, 11) is 0. The van der Waals surface area contributed by atoms with E-state index in [1.165, 1.54) is 0 Å². The largest absolute Gasteiger partial charge is 0.382 e. The molecule has 18 heavy (non-hydrogen) atoms. The van der Waals surface area contributed by atoms with E-state index in [2.05, 4.69) is 27.7 Å². The second-order valence-electron chi connectivity index (χ2n) is 5.10. The number of rotatable bonds is 3. The van der Waals surface area contributed by atoms with E-state index in [4.69, 9.17) is 0 Å². The Hall–Kier alpha value is -1.71. The van der Waals surface area contributed by atoms with Crippen LogP contribution in [-0.4, -0.2) is 31.1 Å². The maximum atomic E-state index is 12.1. The van der Waals surface area contributed by atoms with E-state index >= 15 is 0 Å². The summed E-state index contributed by atoms with van der Waals surface area (Å²) in [5, 5.41) is 6.45. The highest BCUT2D eigenvalue weighted by Gasteiger charge is 2.30. The molecule has 1 aromatic carbocycles.